The van der Waals surface area contributed by atoms with Crippen molar-refractivity contribution in [3.05, 3.63) is 52.1 Å². The highest BCUT2D eigenvalue weighted by atomic mass is 19.3. The first-order chi connectivity index (χ1) is 11.3. The number of carbonyl (C=O) groups excluding carboxylic acids is 1. The Kier molecular flexibility index (Phi) is 5.61. The first-order valence-corrected chi connectivity index (χ1v) is 7.31. The molecule has 0 atom stereocenters. The highest BCUT2D eigenvalue weighted by Gasteiger charge is 2.19. The minimum Gasteiger partial charge on any atom is -0.392 e. The van der Waals surface area contributed by atoms with Crippen molar-refractivity contribution in [1.29, 1.82) is 0 Å². The summed E-state index contributed by atoms with van der Waals surface area (Å²) in [6.07, 6.45) is -0.0710. The van der Waals surface area contributed by atoms with Crippen LogP contribution in [0.2, 0.25) is 0 Å². The Hall–Kier alpha value is -2.35. The maximum absolute atomic E-state index is 13.3. The van der Waals surface area contributed by atoms with E-state index in [2.05, 4.69) is 10.4 Å². The van der Waals surface area contributed by atoms with Gasteiger partial charge in [0.2, 0.25) is 5.91 Å². The molecule has 0 saturated carbocycles. The molecule has 1 amide bonds. The van der Waals surface area contributed by atoms with Crippen LogP contribution in [0.1, 0.15) is 34.6 Å². The lowest BCUT2D eigenvalue weighted by Crippen LogP contribution is -2.25. The van der Waals surface area contributed by atoms with E-state index in [0.717, 1.165) is 0 Å². The molecule has 0 saturated heterocycles. The van der Waals surface area contributed by atoms with Crippen molar-refractivity contribution in [1.82, 2.24) is 15.1 Å². The Labute approximate surface area is 137 Å². The van der Waals surface area contributed by atoms with Gasteiger partial charge in [0, 0.05) is 23.4 Å². The molecule has 1 aromatic heterocycles. The van der Waals surface area contributed by atoms with Crippen molar-refractivity contribution in [3.63, 3.8) is 0 Å². The van der Waals surface area contributed by atoms with Crippen LogP contribution in [0.5, 0.6) is 0 Å². The highest BCUT2D eigenvalue weighted by molar-refractivity contribution is 5.79. The highest BCUT2D eigenvalue weighted by Crippen LogP contribution is 2.19. The summed E-state index contributed by atoms with van der Waals surface area (Å²) in [5.41, 5.74) is 1.87. The molecule has 0 aliphatic heterocycles. The Morgan fingerprint density at radius 2 is 2.08 bits per heavy atom. The number of aromatic nitrogens is 2. The predicted molar refractivity (Wildman–Crippen MR) is 80.8 cm³/mol. The zero-order valence-electron chi connectivity index (χ0n) is 13.3. The number of halogens is 3. The third kappa shape index (κ3) is 3.94. The quantitative estimate of drug-likeness (QED) is 0.848. The van der Waals surface area contributed by atoms with Gasteiger partial charge in [-0.15, -0.1) is 0 Å². The Morgan fingerprint density at radius 3 is 2.67 bits per heavy atom. The van der Waals surface area contributed by atoms with Crippen molar-refractivity contribution in [2.24, 2.45) is 0 Å². The molecular formula is C16H18F3N3O2. The number of hydrogen-bond donors (Lipinski definition) is 2. The topological polar surface area (TPSA) is 67.2 Å². The second kappa shape index (κ2) is 7.48. The minimum absolute atomic E-state index is 0.0710. The fourth-order valence-electron chi connectivity index (χ4n) is 2.43. The molecule has 0 fully saturated rings. The van der Waals surface area contributed by atoms with E-state index in [9.17, 15) is 18.0 Å². The molecule has 1 heterocycles. The van der Waals surface area contributed by atoms with Gasteiger partial charge in [-0.2, -0.15) is 13.9 Å². The number of benzene rings is 1. The number of amides is 1. The van der Waals surface area contributed by atoms with Crippen LogP contribution >= 0.6 is 0 Å². The van der Waals surface area contributed by atoms with Crippen molar-refractivity contribution >= 4 is 5.91 Å². The molecule has 0 unspecified atom stereocenters. The number of rotatable bonds is 6. The van der Waals surface area contributed by atoms with Gasteiger partial charge in [0.1, 0.15) is 5.82 Å². The van der Waals surface area contributed by atoms with Gasteiger partial charge in [-0.05, 0) is 31.5 Å². The van der Waals surface area contributed by atoms with E-state index in [4.69, 9.17) is 5.11 Å². The molecule has 2 aromatic rings. The van der Waals surface area contributed by atoms with Crippen LogP contribution in [-0.4, -0.2) is 20.8 Å². The van der Waals surface area contributed by atoms with Crippen LogP contribution in [-0.2, 0) is 24.4 Å². The summed E-state index contributed by atoms with van der Waals surface area (Å²) >= 11 is 0. The maximum atomic E-state index is 13.3. The molecule has 1 aromatic carbocycles. The third-order valence-corrected chi connectivity index (χ3v) is 3.77. The molecule has 0 aliphatic rings. The molecule has 0 bridgehead atoms. The summed E-state index contributed by atoms with van der Waals surface area (Å²) < 4.78 is 39.4. The molecular weight excluding hydrogens is 323 g/mol. The van der Waals surface area contributed by atoms with Gasteiger partial charge in [-0.3, -0.25) is 4.79 Å². The average molecular weight is 341 g/mol. The second-order valence-corrected chi connectivity index (χ2v) is 5.41. The summed E-state index contributed by atoms with van der Waals surface area (Å²) in [5, 5.41) is 15.4. The maximum Gasteiger partial charge on any atom is 0.333 e. The summed E-state index contributed by atoms with van der Waals surface area (Å²) in [7, 11) is 0. The molecule has 2 N–H and O–H groups in total. The van der Waals surface area contributed by atoms with Gasteiger partial charge in [-0.1, -0.05) is 6.07 Å². The third-order valence-electron chi connectivity index (χ3n) is 3.77. The molecule has 2 rings (SSSR count). The number of aryl methyl sites for hydroxylation is 1. The molecule has 0 spiro atoms. The van der Waals surface area contributed by atoms with Crippen LogP contribution < -0.4 is 5.32 Å². The lowest BCUT2D eigenvalue weighted by atomic mass is 10.1. The molecule has 24 heavy (non-hydrogen) atoms. The first-order valence-electron chi connectivity index (χ1n) is 7.31. The standard InChI is InChI=1S/C16H18F3N3O2/c1-9-13(10(2)22(21-9)16(18)19)6-15(24)20-7-11-3-4-14(17)12(5-11)8-23/h3-5,16,23H,6-8H2,1-2H3,(H,20,24). The molecule has 130 valence electrons. The monoisotopic (exact) mass is 341 g/mol. The Balaban J connectivity index is 2.02. The smallest absolute Gasteiger partial charge is 0.333 e. The van der Waals surface area contributed by atoms with Crippen LogP contribution in [0.4, 0.5) is 13.2 Å². The number of nitrogens with zero attached hydrogens (tertiary/aromatic N) is 2. The van der Waals surface area contributed by atoms with E-state index in [1.165, 1.54) is 25.1 Å². The zero-order valence-corrected chi connectivity index (χ0v) is 13.3. The largest absolute Gasteiger partial charge is 0.392 e. The SMILES string of the molecule is Cc1nn(C(F)F)c(C)c1CC(=O)NCc1ccc(F)c(CO)c1. The zero-order chi connectivity index (χ0) is 17.9. The predicted octanol–water partition coefficient (Wildman–Crippen LogP) is 2.39. The van der Waals surface area contributed by atoms with Gasteiger partial charge in [-0.25, -0.2) is 9.07 Å². The number of aliphatic hydroxyl groups is 1. The molecule has 0 radical (unpaired) electrons. The summed E-state index contributed by atoms with van der Waals surface area (Å²) in [5.74, 6) is -0.872. The van der Waals surface area contributed by atoms with Crippen LogP contribution in [0, 0.1) is 19.7 Å². The van der Waals surface area contributed by atoms with Gasteiger partial charge < -0.3 is 10.4 Å². The Bertz CT molecular complexity index is 744. The van der Waals surface area contributed by atoms with E-state index < -0.39 is 19.0 Å². The van der Waals surface area contributed by atoms with E-state index in [-0.39, 0.29) is 30.1 Å². The molecule has 0 aliphatic carbocycles. The van der Waals surface area contributed by atoms with Crippen LogP contribution in [0.15, 0.2) is 18.2 Å². The summed E-state index contributed by atoms with van der Waals surface area (Å²) in [4.78, 5) is 12.0. The average Bonchev–Trinajstić information content (AvgIpc) is 2.82. The van der Waals surface area contributed by atoms with Crippen molar-refractivity contribution < 1.29 is 23.1 Å². The Morgan fingerprint density at radius 1 is 1.38 bits per heavy atom. The number of alkyl halides is 2. The number of carbonyl (C=O) groups is 1. The second-order valence-electron chi connectivity index (χ2n) is 5.41. The number of aliphatic hydroxyl groups excluding tert-OH is 1. The van der Waals surface area contributed by atoms with Crippen molar-refractivity contribution in [2.75, 3.05) is 0 Å². The molecule has 8 heteroatoms. The van der Waals surface area contributed by atoms with Gasteiger partial charge in [0.15, 0.2) is 0 Å². The fourth-order valence-corrected chi connectivity index (χ4v) is 2.43. The van der Waals surface area contributed by atoms with Crippen molar-refractivity contribution in [3.8, 4) is 0 Å². The van der Waals surface area contributed by atoms with Crippen molar-refractivity contribution in [2.45, 2.75) is 40.0 Å². The minimum atomic E-state index is -2.75. The number of hydrogen-bond acceptors (Lipinski definition) is 3. The lowest BCUT2D eigenvalue weighted by molar-refractivity contribution is -0.120. The van der Waals surface area contributed by atoms with E-state index >= 15 is 0 Å². The first kappa shape index (κ1) is 18.0. The van der Waals surface area contributed by atoms with E-state index in [1.54, 1.807) is 6.92 Å². The van der Waals surface area contributed by atoms with Gasteiger partial charge >= 0.3 is 6.55 Å². The van der Waals surface area contributed by atoms with E-state index in [0.29, 0.717) is 21.5 Å². The summed E-state index contributed by atoms with van der Waals surface area (Å²) in [6.45, 7) is 0.0210. The van der Waals surface area contributed by atoms with Crippen LogP contribution in [0.3, 0.4) is 0 Å². The van der Waals surface area contributed by atoms with E-state index in [1.807, 2.05) is 0 Å². The normalized spacial score (nSPS) is 11.1. The fraction of sp³-hybridized carbons (Fsp3) is 0.375. The molecule has 5 nitrogen and oxygen atoms in total. The van der Waals surface area contributed by atoms with Gasteiger partial charge in [0.25, 0.3) is 0 Å². The summed E-state index contributed by atoms with van der Waals surface area (Å²) in [6, 6.07) is 4.18. The lowest BCUT2D eigenvalue weighted by Gasteiger charge is -2.08. The van der Waals surface area contributed by atoms with Crippen LogP contribution in [0.25, 0.3) is 0 Å². The number of nitrogens with one attached hydrogen (secondary N) is 1. The van der Waals surface area contributed by atoms with Gasteiger partial charge in [0.05, 0.1) is 18.7 Å².